The summed E-state index contributed by atoms with van der Waals surface area (Å²) in [4.78, 5) is 11.7. The third-order valence-electron chi connectivity index (χ3n) is 2.33. The molecule has 0 fully saturated rings. The highest BCUT2D eigenvalue weighted by atomic mass is 19.4. The number of halogens is 4. The number of furan rings is 1. The average Bonchev–Trinajstić information content (AvgIpc) is 2.80. The van der Waals surface area contributed by atoms with Gasteiger partial charge in [-0.15, -0.1) is 0 Å². The van der Waals surface area contributed by atoms with Gasteiger partial charge in [-0.1, -0.05) is 6.07 Å². The van der Waals surface area contributed by atoms with E-state index in [1.54, 1.807) is 0 Å². The molecular weight excluding hydrogens is 252 g/mol. The number of ketones is 1. The molecule has 0 radical (unpaired) electrons. The smallest absolute Gasteiger partial charge is 0.419 e. The topological polar surface area (TPSA) is 30.2 Å². The fourth-order valence-corrected chi connectivity index (χ4v) is 1.48. The van der Waals surface area contributed by atoms with Gasteiger partial charge in [0.15, 0.2) is 5.78 Å². The van der Waals surface area contributed by atoms with E-state index >= 15 is 0 Å². The van der Waals surface area contributed by atoms with Crippen LogP contribution in [0.2, 0.25) is 0 Å². The molecule has 2 nitrogen and oxygen atoms in total. The van der Waals surface area contributed by atoms with Crippen molar-refractivity contribution in [1.29, 1.82) is 0 Å². The highest BCUT2D eigenvalue weighted by molar-refractivity contribution is 6.09. The van der Waals surface area contributed by atoms with E-state index in [2.05, 4.69) is 4.42 Å². The lowest BCUT2D eigenvalue weighted by molar-refractivity contribution is -0.140. The number of hydrogen-bond donors (Lipinski definition) is 0. The van der Waals surface area contributed by atoms with Gasteiger partial charge in [-0.05, 0) is 18.2 Å². The van der Waals surface area contributed by atoms with Gasteiger partial charge in [0.1, 0.15) is 12.1 Å². The van der Waals surface area contributed by atoms with E-state index in [4.69, 9.17) is 0 Å². The molecule has 0 amide bonds. The second kappa shape index (κ2) is 4.29. The van der Waals surface area contributed by atoms with E-state index in [-0.39, 0.29) is 5.56 Å². The molecule has 0 N–H and O–H groups in total. The molecule has 2 rings (SSSR count). The first-order valence-electron chi connectivity index (χ1n) is 4.84. The lowest BCUT2D eigenvalue weighted by atomic mass is 10.0. The average molecular weight is 258 g/mol. The van der Waals surface area contributed by atoms with Gasteiger partial charge >= 0.3 is 6.18 Å². The molecule has 0 unspecified atom stereocenters. The lowest BCUT2D eigenvalue weighted by Crippen LogP contribution is -2.12. The highest BCUT2D eigenvalue weighted by Crippen LogP contribution is 2.32. The minimum absolute atomic E-state index is 0.00627. The van der Waals surface area contributed by atoms with E-state index in [1.807, 2.05) is 0 Å². The van der Waals surface area contributed by atoms with Gasteiger partial charge in [-0.2, -0.15) is 13.2 Å². The summed E-state index contributed by atoms with van der Waals surface area (Å²) < 4.78 is 55.7. The molecule has 94 valence electrons. The highest BCUT2D eigenvalue weighted by Gasteiger charge is 2.35. The maximum Gasteiger partial charge on any atom is 0.419 e. The third-order valence-corrected chi connectivity index (χ3v) is 2.33. The van der Waals surface area contributed by atoms with E-state index in [0.717, 1.165) is 18.4 Å². The molecule has 1 heterocycles. The van der Waals surface area contributed by atoms with Crippen molar-refractivity contribution in [2.24, 2.45) is 0 Å². The van der Waals surface area contributed by atoms with Crippen LogP contribution in [0.3, 0.4) is 0 Å². The van der Waals surface area contributed by atoms with E-state index in [0.29, 0.717) is 6.07 Å². The zero-order valence-corrected chi connectivity index (χ0v) is 8.79. The molecule has 0 spiro atoms. The Morgan fingerprint density at radius 1 is 1.17 bits per heavy atom. The molecule has 18 heavy (non-hydrogen) atoms. The van der Waals surface area contributed by atoms with Crippen molar-refractivity contribution in [3.8, 4) is 0 Å². The molecule has 0 aliphatic rings. The number of carbonyl (C=O) groups is 1. The standard InChI is InChI=1S/C12H6F4O2/c13-10-8(11(17)7-4-5-18-6-7)2-1-3-9(10)12(14,15)16/h1-6H. The summed E-state index contributed by atoms with van der Waals surface area (Å²) in [6.07, 6.45) is -2.61. The fraction of sp³-hybridized carbons (Fsp3) is 0.0833. The fourth-order valence-electron chi connectivity index (χ4n) is 1.48. The number of alkyl halides is 3. The van der Waals surface area contributed by atoms with E-state index in [1.165, 1.54) is 12.3 Å². The van der Waals surface area contributed by atoms with Crippen LogP contribution in [0, 0.1) is 5.82 Å². The number of carbonyl (C=O) groups excluding carboxylic acids is 1. The molecule has 1 aromatic carbocycles. The lowest BCUT2D eigenvalue weighted by Gasteiger charge is -2.09. The van der Waals surface area contributed by atoms with Crippen LogP contribution in [0.1, 0.15) is 21.5 Å². The van der Waals surface area contributed by atoms with Crippen molar-refractivity contribution in [3.63, 3.8) is 0 Å². The van der Waals surface area contributed by atoms with Crippen LogP contribution in [0.15, 0.2) is 41.2 Å². The van der Waals surface area contributed by atoms with E-state index in [9.17, 15) is 22.4 Å². The summed E-state index contributed by atoms with van der Waals surface area (Å²) in [5.41, 5.74) is -2.10. The number of rotatable bonds is 2. The molecule has 1 aromatic heterocycles. The Morgan fingerprint density at radius 3 is 2.44 bits per heavy atom. The first-order chi connectivity index (χ1) is 8.41. The molecule has 0 bridgehead atoms. The predicted molar refractivity (Wildman–Crippen MR) is 53.5 cm³/mol. The van der Waals surface area contributed by atoms with Crippen LogP contribution in [0.25, 0.3) is 0 Å². The number of benzene rings is 1. The van der Waals surface area contributed by atoms with Gasteiger partial charge in [-0.3, -0.25) is 4.79 Å². The second-order valence-corrected chi connectivity index (χ2v) is 3.51. The monoisotopic (exact) mass is 258 g/mol. The Bertz CT molecular complexity index is 570. The molecule has 6 heteroatoms. The summed E-state index contributed by atoms with van der Waals surface area (Å²) in [5.74, 6) is -2.43. The van der Waals surface area contributed by atoms with Crippen LogP contribution in [-0.2, 0) is 6.18 Å². The van der Waals surface area contributed by atoms with Gasteiger partial charge < -0.3 is 4.42 Å². The van der Waals surface area contributed by atoms with Crippen LogP contribution < -0.4 is 0 Å². The maximum absolute atomic E-state index is 13.6. The Hall–Kier alpha value is -2.11. The quantitative estimate of drug-likeness (QED) is 0.607. The van der Waals surface area contributed by atoms with Crippen molar-refractivity contribution < 1.29 is 26.8 Å². The first-order valence-corrected chi connectivity index (χ1v) is 4.84. The largest absolute Gasteiger partial charge is 0.472 e. The summed E-state index contributed by atoms with van der Waals surface area (Å²) in [5, 5.41) is 0. The molecule has 2 aromatic rings. The van der Waals surface area contributed by atoms with Crippen molar-refractivity contribution >= 4 is 5.78 Å². The molecule has 0 saturated carbocycles. The minimum atomic E-state index is -4.84. The summed E-state index contributed by atoms with van der Waals surface area (Å²) >= 11 is 0. The summed E-state index contributed by atoms with van der Waals surface area (Å²) in [7, 11) is 0. The SMILES string of the molecule is O=C(c1ccoc1)c1cccc(C(F)(F)F)c1F. The van der Waals surface area contributed by atoms with Gasteiger partial charge in [0.2, 0.25) is 0 Å². The zero-order chi connectivity index (χ0) is 13.3. The van der Waals surface area contributed by atoms with Crippen LogP contribution in [0.5, 0.6) is 0 Å². The number of hydrogen-bond acceptors (Lipinski definition) is 2. The molecular formula is C12H6F4O2. The van der Waals surface area contributed by atoms with Gasteiger partial charge in [0, 0.05) is 0 Å². The summed E-state index contributed by atoms with van der Waals surface area (Å²) in [6, 6.07) is 3.82. The van der Waals surface area contributed by atoms with Crippen molar-refractivity contribution in [2.75, 3.05) is 0 Å². The van der Waals surface area contributed by atoms with Crippen LogP contribution in [-0.4, -0.2) is 5.78 Å². The predicted octanol–water partition coefficient (Wildman–Crippen LogP) is 3.67. The molecule has 0 atom stereocenters. The Morgan fingerprint density at radius 2 is 1.89 bits per heavy atom. The second-order valence-electron chi connectivity index (χ2n) is 3.51. The zero-order valence-electron chi connectivity index (χ0n) is 8.79. The Kier molecular flexibility index (Phi) is 2.94. The van der Waals surface area contributed by atoms with Gasteiger partial charge in [-0.25, -0.2) is 4.39 Å². The maximum atomic E-state index is 13.6. The summed E-state index contributed by atoms with van der Waals surface area (Å²) in [6.45, 7) is 0. The third kappa shape index (κ3) is 2.13. The van der Waals surface area contributed by atoms with E-state index < -0.39 is 28.9 Å². The normalized spacial score (nSPS) is 11.6. The van der Waals surface area contributed by atoms with Gasteiger partial charge in [0.05, 0.1) is 23.0 Å². The van der Waals surface area contributed by atoms with Crippen LogP contribution in [0.4, 0.5) is 17.6 Å². The van der Waals surface area contributed by atoms with Crippen molar-refractivity contribution in [3.05, 3.63) is 59.3 Å². The molecule has 0 aliphatic carbocycles. The molecule has 0 aliphatic heterocycles. The first kappa shape index (κ1) is 12.3. The Balaban J connectivity index is 2.50. The van der Waals surface area contributed by atoms with Crippen LogP contribution >= 0.6 is 0 Å². The molecule has 0 saturated heterocycles. The minimum Gasteiger partial charge on any atom is -0.472 e. The Labute approximate surface area is 98.8 Å². The van der Waals surface area contributed by atoms with Gasteiger partial charge in [0.25, 0.3) is 0 Å². The van der Waals surface area contributed by atoms with Crippen molar-refractivity contribution in [2.45, 2.75) is 6.18 Å². The van der Waals surface area contributed by atoms with Crippen molar-refractivity contribution in [1.82, 2.24) is 0 Å².